The SMILES string of the molecule is BrCC1(CCOc2cccc(Br)c2)CCCC1. The number of rotatable bonds is 5. The lowest BCUT2D eigenvalue weighted by Gasteiger charge is -2.26. The Morgan fingerprint density at radius 3 is 2.65 bits per heavy atom. The van der Waals surface area contributed by atoms with Crippen molar-refractivity contribution in [3.8, 4) is 5.75 Å². The van der Waals surface area contributed by atoms with Crippen molar-refractivity contribution >= 4 is 31.9 Å². The predicted octanol–water partition coefficient (Wildman–Crippen LogP) is 5.17. The van der Waals surface area contributed by atoms with Gasteiger partial charge in [-0.3, -0.25) is 0 Å². The Bertz CT molecular complexity index is 359. The molecule has 0 heterocycles. The lowest BCUT2D eigenvalue weighted by atomic mass is 9.85. The zero-order valence-electron chi connectivity index (χ0n) is 9.92. The quantitative estimate of drug-likeness (QED) is 0.657. The lowest BCUT2D eigenvalue weighted by molar-refractivity contribution is 0.221. The van der Waals surface area contributed by atoms with Gasteiger partial charge in [0.15, 0.2) is 0 Å². The molecular weight excluding hydrogens is 344 g/mol. The van der Waals surface area contributed by atoms with Crippen LogP contribution in [0.15, 0.2) is 28.7 Å². The minimum absolute atomic E-state index is 0.492. The zero-order chi connectivity index (χ0) is 12.1. The molecule has 17 heavy (non-hydrogen) atoms. The van der Waals surface area contributed by atoms with Gasteiger partial charge < -0.3 is 4.74 Å². The number of ether oxygens (including phenoxy) is 1. The van der Waals surface area contributed by atoms with Gasteiger partial charge in [-0.05, 0) is 42.9 Å². The molecule has 1 aliphatic carbocycles. The third-order valence-corrected chi connectivity index (χ3v) is 5.33. The van der Waals surface area contributed by atoms with Crippen LogP contribution in [0.5, 0.6) is 5.75 Å². The highest BCUT2D eigenvalue weighted by Crippen LogP contribution is 2.42. The summed E-state index contributed by atoms with van der Waals surface area (Å²) >= 11 is 7.13. The van der Waals surface area contributed by atoms with Crippen LogP contribution in [0.25, 0.3) is 0 Å². The maximum Gasteiger partial charge on any atom is 0.120 e. The summed E-state index contributed by atoms with van der Waals surface area (Å²) in [7, 11) is 0. The molecule has 1 aromatic rings. The second kappa shape index (κ2) is 6.24. The lowest BCUT2D eigenvalue weighted by Crippen LogP contribution is -2.21. The molecule has 0 atom stereocenters. The van der Waals surface area contributed by atoms with Crippen molar-refractivity contribution in [2.75, 3.05) is 11.9 Å². The minimum atomic E-state index is 0.492. The highest BCUT2D eigenvalue weighted by molar-refractivity contribution is 9.10. The van der Waals surface area contributed by atoms with E-state index in [4.69, 9.17) is 4.74 Å². The zero-order valence-corrected chi connectivity index (χ0v) is 13.1. The third kappa shape index (κ3) is 3.72. The van der Waals surface area contributed by atoms with Crippen molar-refractivity contribution in [2.45, 2.75) is 32.1 Å². The molecule has 1 aromatic carbocycles. The molecule has 1 aliphatic rings. The van der Waals surface area contributed by atoms with Crippen molar-refractivity contribution in [3.63, 3.8) is 0 Å². The monoisotopic (exact) mass is 360 g/mol. The van der Waals surface area contributed by atoms with Crippen molar-refractivity contribution in [1.29, 1.82) is 0 Å². The predicted molar refractivity (Wildman–Crippen MR) is 78.9 cm³/mol. The van der Waals surface area contributed by atoms with E-state index in [1.807, 2.05) is 24.3 Å². The van der Waals surface area contributed by atoms with Crippen LogP contribution in [0.3, 0.4) is 0 Å². The van der Waals surface area contributed by atoms with E-state index in [1.54, 1.807) is 0 Å². The summed E-state index contributed by atoms with van der Waals surface area (Å²) in [6.07, 6.45) is 6.61. The average Bonchev–Trinajstić information content (AvgIpc) is 2.79. The van der Waals surface area contributed by atoms with E-state index in [0.29, 0.717) is 5.41 Å². The van der Waals surface area contributed by atoms with Crippen molar-refractivity contribution in [3.05, 3.63) is 28.7 Å². The van der Waals surface area contributed by atoms with E-state index in [1.165, 1.54) is 25.7 Å². The summed E-state index contributed by atoms with van der Waals surface area (Å²) in [6.45, 7) is 0.821. The van der Waals surface area contributed by atoms with Crippen LogP contribution in [0.1, 0.15) is 32.1 Å². The number of hydrogen-bond acceptors (Lipinski definition) is 1. The molecule has 3 heteroatoms. The van der Waals surface area contributed by atoms with Crippen LogP contribution in [0.2, 0.25) is 0 Å². The highest BCUT2D eigenvalue weighted by atomic mass is 79.9. The Labute approximate surface area is 120 Å². The molecule has 0 aromatic heterocycles. The Morgan fingerprint density at radius 1 is 1.24 bits per heavy atom. The fourth-order valence-corrected chi connectivity index (χ4v) is 3.74. The molecule has 1 nitrogen and oxygen atoms in total. The normalized spacial score (nSPS) is 18.2. The standard InChI is InChI=1S/C14H18Br2O/c15-11-14(6-1-2-7-14)8-9-17-13-5-3-4-12(16)10-13/h3-5,10H,1-2,6-9,11H2. The van der Waals surface area contributed by atoms with Gasteiger partial charge in [-0.15, -0.1) is 0 Å². The van der Waals surface area contributed by atoms with Crippen molar-refractivity contribution in [2.24, 2.45) is 5.41 Å². The molecule has 0 radical (unpaired) electrons. The molecule has 0 amide bonds. The highest BCUT2D eigenvalue weighted by Gasteiger charge is 2.32. The van der Waals surface area contributed by atoms with Crippen molar-refractivity contribution in [1.82, 2.24) is 0 Å². The van der Waals surface area contributed by atoms with Gasteiger partial charge in [-0.1, -0.05) is 50.8 Å². The van der Waals surface area contributed by atoms with Gasteiger partial charge in [-0.2, -0.15) is 0 Å². The van der Waals surface area contributed by atoms with Gasteiger partial charge in [0.1, 0.15) is 5.75 Å². The topological polar surface area (TPSA) is 9.23 Å². The smallest absolute Gasteiger partial charge is 0.120 e. The molecule has 0 unspecified atom stereocenters. The van der Waals surface area contributed by atoms with E-state index < -0.39 is 0 Å². The summed E-state index contributed by atoms with van der Waals surface area (Å²) in [4.78, 5) is 0. The molecule has 0 aliphatic heterocycles. The second-order valence-corrected chi connectivity index (χ2v) is 6.37. The van der Waals surface area contributed by atoms with Crippen molar-refractivity contribution < 1.29 is 4.74 Å². The summed E-state index contributed by atoms with van der Waals surface area (Å²) in [5.41, 5.74) is 0.492. The fraction of sp³-hybridized carbons (Fsp3) is 0.571. The Kier molecular flexibility index (Phi) is 4.92. The summed E-state index contributed by atoms with van der Waals surface area (Å²) < 4.78 is 6.90. The van der Waals surface area contributed by atoms with Crippen LogP contribution in [-0.2, 0) is 0 Å². The van der Waals surface area contributed by atoms with E-state index in [0.717, 1.165) is 28.6 Å². The van der Waals surface area contributed by atoms with Crippen LogP contribution >= 0.6 is 31.9 Å². The average molecular weight is 362 g/mol. The number of halogens is 2. The van der Waals surface area contributed by atoms with Gasteiger partial charge in [0.05, 0.1) is 6.61 Å². The molecule has 1 saturated carbocycles. The minimum Gasteiger partial charge on any atom is -0.494 e. The molecule has 94 valence electrons. The van der Waals surface area contributed by atoms with Crippen LogP contribution < -0.4 is 4.74 Å². The molecule has 0 saturated heterocycles. The first-order valence-electron chi connectivity index (χ1n) is 6.18. The Morgan fingerprint density at radius 2 is 2.00 bits per heavy atom. The first-order valence-corrected chi connectivity index (χ1v) is 8.10. The summed E-state index contributed by atoms with van der Waals surface area (Å²) in [5, 5.41) is 1.11. The third-order valence-electron chi connectivity index (χ3n) is 3.64. The molecular formula is C14H18Br2O. The fourth-order valence-electron chi connectivity index (χ4n) is 2.52. The second-order valence-electron chi connectivity index (χ2n) is 4.90. The molecule has 2 rings (SSSR count). The number of benzene rings is 1. The largest absolute Gasteiger partial charge is 0.494 e. The summed E-state index contributed by atoms with van der Waals surface area (Å²) in [6, 6.07) is 8.06. The van der Waals surface area contributed by atoms with Gasteiger partial charge in [0.25, 0.3) is 0 Å². The Balaban J connectivity index is 1.82. The molecule has 0 spiro atoms. The number of hydrogen-bond donors (Lipinski definition) is 0. The summed E-state index contributed by atoms with van der Waals surface area (Å²) in [5.74, 6) is 0.960. The van der Waals surface area contributed by atoms with E-state index in [9.17, 15) is 0 Å². The van der Waals surface area contributed by atoms with Crippen LogP contribution in [-0.4, -0.2) is 11.9 Å². The first kappa shape index (κ1) is 13.4. The van der Waals surface area contributed by atoms with Gasteiger partial charge in [0.2, 0.25) is 0 Å². The number of alkyl halides is 1. The van der Waals surface area contributed by atoms with E-state index in [-0.39, 0.29) is 0 Å². The van der Waals surface area contributed by atoms with Gasteiger partial charge in [0, 0.05) is 9.80 Å². The van der Waals surface area contributed by atoms with Gasteiger partial charge >= 0.3 is 0 Å². The Hall–Kier alpha value is -0.0200. The molecule has 1 fully saturated rings. The first-order chi connectivity index (χ1) is 8.24. The maximum atomic E-state index is 5.82. The van der Waals surface area contributed by atoms with E-state index >= 15 is 0 Å². The van der Waals surface area contributed by atoms with Gasteiger partial charge in [-0.25, -0.2) is 0 Å². The van der Waals surface area contributed by atoms with E-state index in [2.05, 4.69) is 31.9 Å². The maximum absolute atomic E-state index is 5.82. The van der Waals surface area contributed by atoms with Crippen LogP contribution in [0, 0.1) is 5.41 Å². The molecule has 0 bridgehead atoms. The molecule has 0 N–H and O–H groups in total. The van der Waals surface area contributed by atoms with Crippen LogP contribution in [0.4, 0.5) is 0 Å².